The summed E-state index contributed by atoms with van der Waals surface area (Å²) < 4.78 is 5.67. The van der Waals surface area contributed by atoms with Gasteiger partial charge >= 0.3 is 0 Å². The maximum absolute atomic E-state index is 13.5. The molecule has 2 aromatic carbocycles. The van der Waals surface area contributed by atoms with Gasteiger partial charge in [-0.3, -0.25) is 9.59 Å². The second-order valence-electron chi connectivity index (χ2n) is 8.50. The van der Waals surface area contributed by atoms with Crippen LogP contribution in [-0.2, 0) is 9.59 Å². The largest absolute Gasteiger partial charge is 0.872 e. The quantitative estimate of drug-likeness (QED) is 0.228. The van der Waals surface area contributed by atoms with E-state index in [1.54, 1.807) is 36.4 Å². The van der Waals surface area contributed by atoms with Crippen LogP contribution in [0, 0.1) is 0 Å². The van der Waals surface area contributed by atoms with Crippen molar-refractivity contribution >= 4 is 17.4 Å². The molecular formula is C27H34N2O5. The third-order valence-corrected chi connectivity index (χ3v) is 6.33. The standard InChI is InChI=1S/C27H34N2O5/c1-4-7-18-34-22-14-10-20(11-15-22)25(31)23-24(19-8-12-21(30)13-9-19)29(27(33)26(23)32)17-16-28(5-2)6-3/h8-15,24,30-31H,4-7,16-18H2,1-3H3. The Morgan fingerprint density at radius 2 is 1.68 bits per heavy atom. The highest BCUT2D eigenvalue weighted by Crippen LogP contribution is 2.38. The number of likely N-dealkylation sites (N-methyl/N-ethyl adjacent to an activating group) is 1. The lowest BCUT2D eigenvalue weighted by Gasteiger charge is -2.28. The second kappa shape index (κ2) is 11.7. The van der Waals surface area contributed by atoms with Gasteiger partial charge in [-0.05, 0) is 55.7 Å². The summed E-state index contributed by atoms with van der Waals surface area (Å²) in [5.41, 5.74) is 0.901. The van der Waals surface area contributed by atoms with E-state index in [0.717, 1.165) is 25.9 Å². The van der Waals surface area contributed by atoms with Crippen molar-refractivity contribution in [3.8, 4) is 11.5 Å². The molecule has 34 heavy (non-hydrogen) atoms. The van der Waals surface area contributed by atoms with Gasteiger partial charge in [0.1, 0.15) is 11.5 Å². The summed E-state index contributed by atoms with van der Waals surface area (Å²) in [6.07, 6.45) is 1.96. The highest BCUT2D eigenvalue weighted by molar-refractivity contribution is 6.46. The van der Waals surface area contributed by atoms with Crippen molar-refractivity contribution in [2.75, 3.05) is 32.8 Å². The first kappa shape index (κ1) is 25.3. The summed E-state index contributed by atoms with van der Waals surface area (Å²) in [4.78, 5) is 28.9. The Labute approximate surface area is 201 Å². The Balaban J connectivity index is 1.98. The smallest absolute Gasteiger partial charge is 0.295 e. The number of likely N-dealkylation sites (tertiary alicyclic amines) is 1. The van der Waals surface area contributed by atoms with Gasteiger partial charge in [0.05, 0.1) is 38.8 Å². The fourth-order valence-electron chi connectivity index (χ4n) is 4.18. The first-order chi connectivity index (χ1) is 16.4. The van der Waals surface area contributed by atoms with E-state index in [0.29, 0.717) is 36.6 Å². The molecular weight excluding hydrogens is 432 g/mol. The van der Waals surface area contributed by atoms with E-state index in [1.807, 2.05) is 0 Å². The number of amides is 1. The highest BCUT2D eigenvalue weighted by Gasteiger charge is 2.44. The first-order valence-corrected chi connectivity index (χ1v) is 12.0. The number of carbonyl (C=O) groups excluding carboxylic acids is 2. The van der Waals surface area contributed by atoms with Crippen molar-refractivity contribution in [2.45, 2.75) is 39.7 Å². The Bertz CT molecular complexity index is 1010. The average Bonchev–Trinajstić information content (AvgIpc) is 3.10. The topological polar surface area (TPSA) is 94.3 Å². The molecule has 0 spiro atoms. The van der Waals surface area contributed by atoms with Gasteiger partial charge in [0, 0.05) is 5.57 Å². The van der Waals surface area contributed by atoms with Crippen molar-refractivity contribution in [3.63, 3.8) is 0 Å². The number of hydrogen-bond donors (Lipinski definition) is 2. The van der Waals surface area contributed by atoms with Gasteiger partial charge in [-0.25, -0.2) is 0 Å². The number of phenols is 1. The molecule has 1 fully saturated rings. The molecule has 1 saturated heterocycles. The number of quaternary nitrogens is 1. The Kier molecular flexibility index (Phi) is 8.71. The summed E-state index contributed by atoms with van der Waals surface area (Å²) in [6, 6.07) is 12.2. The maximum atomic E-state index is 13.5. The number of unbranched alkanes of at least 4 members (excludes halogenated alkanes) is 1. The zero-order valence-electron chi connectivity index (χ0n) is 20.2. The van der Waals surface area contributed by atoms with Crippen LogP contribution < -0.4 is 14.7 Å². The summed E-state index contributed by atoms with van der Waals surface area (Å²) in [5, 5.41) is 23.2. The van der Waals surface area contributed by atoms with Gasteiger partial charge in [-0.1, -0.05) is 43.4 Å². The average molecular weight is 467 g/mol. The Morgan fingerprint density at radius 1 is 1.03 bits per heavy atom. The van der Waals surface area contributed by atoms with E-state index in [4.69, 9.17) is 4.74 Å². The number of carbonyl (C=O) groups is 2. The predicted octanol–water partition coefficient (Wildman–Crippen LogP) is 1.72. The summed E-state index contributed by atoms with van der Waals surface area (Å²) in [7, 11) is 0. The number of ketones is 1. The van der Waals surface area contributed by atoms with Crippen LogP contribution in [0.5, 0.6) is 11.5 Å². The predicted molar refractivity (Wildman–Crippen MR) is 128 cm³/mol. The highest BCUT2D eigenvalue weighted by atomic mass is 16.5. The molecule has 2 aromatic rings. The zero-order valence-corrected chi connectivity index (χ0v) is 20.2. The number of Topliss-reactive ketones (excluding diaryl/α,β-unsaturated/α-hetero) is 1. The van der Waals surface area contributed by atoms with Crippen LogP contribution in [0.15, 0.2) is 54.1 Å². The van der Waals surface area contributed by atoms with Gasteiger partial charge in [-0.2, -0.15) is 0 Å². The van der Waals surface area contributed by atoms with Crippen LogP contribution in [0.25, 0.3) is 5.76 Å². The van der Waals surface area contributed by atoms with E-state index >= 15 is 0 Å². The number of nitrogens with one attached hydrogen (secondary N) is 1. The van der Waals surface area contributed by atoms with Crippen molar-refractivity contribution in [3.05, 3.63) is 65.2 Å². The molecule has 7 nitrogen and oxygen atoms in total. The van der Waals surface area contributed by atoms with Crippen LogP contribution in [-0.4, -0.2) is 54.5 Å². The van der Waals surface area contributed by atoms with Crippen molar-refractivity contribution < 1.29 is 29.4 Å². The number of phenolic OH excluding ortho intramolecular Hbond substituents is 1. The number of rotatable bonds is 11. The van der Waals surface area contributed by atoms with Gasteiger partial charge in [0.15, 0.2) is 0 Å². The van der Waals surface area contributed by atoms with Crippen molar-refractivity contribution in [1.29, 1.82) is 0 Å². The zero-order chi connectivity index (χ0) is 24.7. The fraction of sp³-hybridized carbons (Fsp3) is 0.407. The first-order valence-electron chi connectivity index (χ1n) is 12.0. The molecule has 1 atom stereocenters. The molecule has 182 valence electrons. The molecule has 0 aromatic heterocycles. The van der Waals surface area contributed by atoms with Gasteiger partial charge in [0.25, 0.3) is 5.91 Å². The Hall–Kier alpha value is -3.32. The van der Waals surface area contributed by atoms with Gasteiger partial charge in [-0.15, -0.1) is 0 Å². The monoisotopic (exact) mass is 466 g/mol. The van der Waals surface area contributed by atoms with Crippen LogP contribution in [0.2, 0.25) is 0 Å². The molecule has 0 aliphatic carbocycles. The van der Waals surface area contributed by atoms with Crippen LogP contribution in [0.3, 0.4) is 0 Å². The van der Waals surface area contributed by atoms with Crippen molar-refractivity contribution in [2.24, 2.45) is 0 Å². The number of aromatic hydroxyl groups is 1. The number of ether oxygens (including phenoxy) is 1. The van der Waals surface area contributed by atoms with E-state index < -0.39 is 23.5 Å². The second-order valence-corrected chi connectivity index (χ2v) is 8.50. The van der Waals surface area contributed by atoms with Crippen LogP contribution >= 0.6 is 0 Å². The van der Waals surface area contributed by atoms with E-state index in [2.05, 4.69) is 20.8 Å². The molecule has 1 unspecified atom stereocenters. The molecule has 1 amide bonds. The van der Waals surface area contributed by atoms with E-state index in [-0.39, 0.29) is 11.3 Å². The van der Waals surface area contributed by atoms with Crippen molar-refractivity contribution in [1.82, 2.24) is 4.90 Å². The van der Waals surface area contributed by atoms with E-state index in [1.165, 1.54) is 21.9 Å². The third kappa shape index (κ3) is 5.59. The lowest BCUT2D eigenvalue weighted by atomic mass is 9.95. The fourth-order valence-corrected chi connectivity index (χ4v) is 4.18. The van der Waals surface area contributed by atoms with Gasteiger partial charge < -0.3 is 24.7 Å². The van der Waals surface area contributed by atoms with Crippen LogP contribution in [0.1, 0.15) is 50.8 Å². The number of nitrogens with zero attached hydrogens (tertiary/aromatic N) is 1. The van der Waals surface area contributed by atoms with Gasteiger partial charge in [0.2, 0.25) is 5.78 Å². The molecule has 0 bridgehead atoms. The minimum absolute atomic E-state index is 0.0510. The molecule has 0 radical (unpaired) electrons. The summed E-state index contributed by atoms with van der Waals surface area (Å²) in [6.45, 7) is 9.66. The minimum Gasteiger partial charge on any atom is -0.872 e. The molecule has 1 heterocycles. The third-order valence-electron chi connectivity index (χ3n) is 6.33. The molecule has 7 heteroatoms. The SMILES string of the molecule is CCCCOc1ccc(C([O-])=C2C(=O)C(=O)N(CC[NH+](CC)CC)C2c2ccc(O)cc2)cc1. The number of benzene rings is 2. The van der Waals surface area contributed by atoms with E-state index in [9.17, 15) is 19.8 Å². The molecule has 0 saturated carbocycles. The normalized spacial score (nSPS) is 17.5. The lowest BCUT2D eigenvalue weighted by molar-refractivity contribution is -0.895. The Morgan fingerprint density at radius 3 is 2.26 bits per heavy atom. The summed E-state index contributed by atoms with van der Waals surface area (Å²) >= 11 is 0. The minimum atomic E-state index is -0.788. The number of hydrogen-bond acceptors (Lipinski definition) is 5. The maximum Gasteiger partial charge on any atom is 0.295 e. The molecule has 1 aliphatic heterocycles. The lowest BCUT2D eigenvalue weighted by Crippen LogP contribution is -3.12. The van der Waals surface area contributed by atoms with Crippen LogP contribution in [0.4, 0.5) is 0 Å². The molecule has 3 rings (SSSR count). The molecule has 1 aliphatic rings. The summed E-state index contributed by atoms with van der Waals surface area (Å²) in [5.74, 6) is -1.16. The molecule has 2 N–H and O–H groups in total.